The molecular formula is C13H17BrFNO. The predicted molar refractivity (Wildman–Crippen MR) is 69.3 cm³/mol. The molecule has 4 heteroatoms. The van der Waals surface area contributed by atoms with Crippen LogP contribution in [0.5, 0.6) is 0 Å². The minimum absolute atomic E-state index is 0.214. The maximum absolute atomic E-state index is 13.0. The van der Waals surface area contributed by atoms with Gasteiger partial charge in [-0.3, -0.25) is 0 Å². The molecule has 0 amide bonds. The van der Waals surface area contributed by atoms with Crippen molar-refractivity contribution in [2.75, 3.05) is 19.7 Å². The summed E-state index contributed by atoms with van der Waals surface area (Å²) in [5.41, 5.74) is 0.874. The third kappa shape index (κ3) is 4.05. The average molecular weight is 302 g/mol. The molecular weight excluding hydrogens is 285 g/mol. The van der Waals surface area contributed by atoms with Crippen LogP contribution in [0, 0.1) is 11.7 Å². The molecule has 2 rings (SSSR count). The summed E-state index contributed by atoms with van der Waals surface area (Å²) in [6.07, 6.45) is 2.34. The summed E-state index contributed by atoms with van der Waals surface area (Å²) < 4.78 is 19.6. The Labute approximate surface area is 110 Å². The van der Waals surface area contributed by atoms with Crippen molar-refractivity contribution in [3.63, 3.8) is 0 Å². The lowest BCUT2D eigenvalue weighted by atomic mass is 9.99. The van der Waals surface area contributed by atoms with E-state index in [2.05, 4.69) is 21.2 Å². The van der Waals surface area contributed by atoms with Gasteiger partial charge < -0.3 is 10.1 Å². The van der Waals surface area contributed by atoms with Crippen molar-refractivity contribution in [1.82, 2.24) is 5.32 Å². The highest BCUT2D eigenvalue weighted by Crippen LogP contribution is 2.19. The topological polar surface area (TPSA) is 21.3 Å². The van der Waals surface area contributed by atoms with E-state index in [-0.39, 0.29) is 5.82 Å². The Kier molecular flexibility index (Phi) is 4.95. The maximum atomic E-state index is 13.0. The Morgan fingerprint density at radius 1 is 1.35 bits per heavy atom. The first kappa shape index (κ1) is 13.0. The lowest BCUT2D eigenvalue weighted by molar-refractivity contribution is 0.0759. The fourth-order valence-corrected chi connectivity index (χ4v) is 2.40. The van der Waals surface area contributed by atoms with E-state index in [0.717, 1.165) is 29.7 Å². The summed E-state index contributed by atoms with van der Waals surface area (Å²) in [5, 5.41) is 3.33. The van der Waals surface area contributed by atoms with Crippen LogP contribution in [0.4, 0.5) is 4.39 Å². The fraction of sp³-hybridized carbons (Fsp3) is 0.538. The van der Waals surface area contributed by atoms with Gasteiger partial charge in [0.1, 0.15) is 5.82 Å². The Morgan fingerprint density at radius 2 is 2.12 bits per heavy atom. The van der Waals surface area contributed by atoms with E-state index in [9.17, 15) is 4.39 Å². The smallest absolute Gasteiger partial charge is 0.123 e. The molecule has 1 fully saturated rings. The zero-order chi connectivity index (χ0) is 12.1. The summed E-state index contributed by atoms with van der Waals surface area (Å²) in [5.74, 6) is 0.428. The van der Waals surface area contributed by atoms with Crippen LogP contribution in [0.15, 0.2) is 22.7 Å². The minimum Gasteiger partial charge on any atom is -0.376 e. The zero-order valence-corrected chi connectivity index (χ0v) is 11.3. The molecule has 0 aromatic heterocycles. The highest BCUT2D eigenvalue weighted by atomic mass is 79.9. The molecule has 94 valence electrons. The zero-order valence-electron chi connectivity index (χ0n) is 9.72. The van der Waals surface area contributed by atoms with Crippen LogP contribution >= 0.6 is 15.9 Å². The summed E-state index contributed by atoms with van der Waals surface area (Å²) in [4.78, 5) is 0. The van der Waals surface area contributed by atoms with Crippen molar-refractivity contribution in [2.45, 2.75) is 19.4 Å². The van der Waals surface area contributed by atoms with Crippen LogP contribution in [0.25, 0.3) is 0 Å². The normalized spacial score (nSPS) is 17.3. The molecule has 1 saturated heterocycles. The second-order valence-electron chi connectivity index (χ2n) is 4.44. The van der Waals surface area contributed by atoms with Crippen LogP contribution in [-0.2, 0) is 11.3 Å². The SMILES string of the molecule is Fc1ccc(Br)c(COCC2CCNCC2)c1. The molecule has 2 nitrogen and oxygen atoms in total. The molecule has 0 atom stereocenters. The number of benzene rings is 1. The number of piperidine rings is 1. The highest BCUT2D eigenvalue weighted by molar-refractivity contribution is 9.10. The van der Waals surface area contributed by atoms with E-state index < -0.39 is 0 Å². The molecule has 1 aromatic carbocycles. The molecule has 1 N–H and O–H groups in total. The van der Waals surface area contributed by atoms with Gasteiger partial charge in [0.25, 0.3) is 0 Å². The van der Waals surface area contributed by atoms with Gasteiger partial charge in [0.2, 0.25) is 0 Å². The molecule has 0 spiro atoms. The van der Waals surface area contributed by atoms with Gasteiger partial charge in [-0.25, -0.2) is 4.39 Å². The third-order valence-electron chi connectivity index (χ3n) is 3.08. The molecule has 1 aliphatic rings. The molecule has 1 aromatic rings. The van der Waals surface area contributed by atoms with Crippen molar-refractivity contribution in [3.05, 3.63) is 34.1 Å². The van der Waals surface area contributed by atoms with Crippen molar-refractivity contribution < 1.29 is 9.13 Å². The Morgan fingerprint density at radius 3 is 2.88 bits per heavy atom. The maximum Gasteiger partial charge on any atom is 0.123 e. The number of ether oxygens (including phenoxy) is 1. The van der Waals surface area contributed by atoms with Crippen LogP contribution in [-0.4, -0.2) is 19.7 Å². The van der Waals surface area contributed by atoms with E-state index in [1.807, 2.05) is 0 Å². The lowest BCUT2D eigenvalue weighted by Gasteiger charge is -2.22. The Bertz CT molecular complexity index is 366. The second kappa shape index (κ2) is 6.47. The van der Waals surface area contributed by atoms with E-state index in [1.165, 1.54) is 25.0 Å². The molecule has 1 aliphatic heterocycles. The van der Waals surface area contributed by atoms with E-state index in [1.54, 1.807) is 6.07 Å². The Balaban J connectivity index is 1.79. The molecule has 17 heavy (non-hydrogen) atoms. The van der Waals surface area contributed by atoms with Crippen molar-refractivity contribution >= 4 is 15.9 Å². The molecule has 0 radical (unpaired) electrons. The van der Waals surface area contributed by atoms with Gasteiger partial charge in [-0.05, 0) is 55.6 Å². The number of hydrogen-bond donors (Lipinski definition) is 1. The van der Waals surface area contributed by atoms with E-state index in [4.69, 9.17) is 4.74 Å². The van der Waals surface area contributed by atoms with Gasteiger partial charge in [-0.15, -0.1) is 0 Å². The standard InChI is InChI=1S/C13H17BrFNO/c14-13-2-1-12(15)7-11(13)9-17-8-10-3-5-16-6-4-10/h1-2,7,10,16H,3-6,8-9H2. The second-order valence-corrected chi connectivity index (χ2v) is 5.30. The average Bonchev–Trinajstić information content (AvgIpc) is 2.35. The number of nitrogens with one attached hydrogen (secondary N) is 1. The van der Waals surface area contributed by atoms with Crippen LogP contribution in [0.1, 0.15) is 18.4 Å². The summed E-state index contributed by atoms with van der Waals surface area (Å²) >= 11 is 3.40. The van der Waals surface area contributed by atoms with Crippen molar-refractivity contribution in [2.24, 2.45) is 5.92 Å². The van der Waals surface area contributed by atoms with Gasteiger partial charge in [-0.1, -0.05) is 15.9 Å². The first-order valence-electron chi connectivity index (χ1n) is 5.98. The van der Waals surface area contributed by atoms with Crippen LogP contribution in [0.2, 0.25) is 0 Å². The first-order chi connectivity index (χ1) is 8.25. The highest BCUT2D eigenvalue weighted by Gasteiger charge is 2.13. The van der Waals surface area contributed by atoms with Gasteiger partial charge >= 0.3 is 0 Å². The molecule has 0 bridgehead atoms. The quantitative estimate of drug-likeness (QED) is 0.923. The van der Waals surface area contributed by atoms with Gasteiger partial charge in [0.15, 0.2) is 0 Å². The first-order valence-corrected chi connectivity index (χ1v) is 6.77. The predicted octanol–water partition coefficient (Wildman–Crippen LogP) is 3.10. The molecule has 0 aliphatic carbocycles. The lowest BCUT2D eigenvalue weighted by Crippen LogP contribution is -2.29. The largest absolute Gasteiger partial charge is 0.376 e. The number of rotatable bonds is 4. The van der Waals surface area contributed by atoms with Crippen LogP contribution in [0.3, 0.4) is 0 Å². The van der Waals surface area contributed by atoms with E-state index in [0.29, 0.717) is 12.5 Å². The Hall–Kier alpha value is -0.450. The summed E-state index contributed by atoms with van der Waals surface area (Å²) in [6.45, 7) is 3.41. The van der Waals surface area contributed by atoms with E-state index >= 15 is 0 Å². The molecule has 1 heterocycles. The number of halogens is 2. The van der Waals surface area contributed by atoms with Crippen molar-refractivity contribution in [1.29, 1.82) is 0 Å². The van der Waals surface area contributed by atoms with Crippen molar-refractivity contribution in [3.8, 4) is 0 Å². The fourth-order valence-electron chi connectivity index (χ4n) is 2.04. The summed E-state index contributed by atoms with van der Waals surface area (Å²) in [6, 6.07) is 4.69. The van der Waals surface area contributed by atoms with Crippen LogP contribution < -0.4 is 5.32 Å². The third-order valence-corrected chi connectivity index (χ3v) is 3.85. The number of hydrogen-bond acceptors (Lipinski definition) is 2. The minimum atomic E-state index is -0.214. The van der Waals surface area contributed by atoms with Gasteiger partial charge in [0.05, 0.1) is 6.61 Å². The monoisotopic (exact) mass is 301 g/mol. The van der Waals surface area contributed by atoms with Gasteiger partial charge in [0, 0.05) is 11.1 Å². The summed E-state index contributed by atoms with van der Waals surface area (Å²) in [7, 11) is 0. The molecule has 0 unspecified atom stereocenters. The molecule has 0 saturated carbocycles. The van der Waals surface area contributed by atoms with Gasteiger partial charge in [-0.2, -0.15) is 0 Å².